The van der Waals surface area contributed by atoms with Crippen LogP contribution in [0.4, 0.5) is 4.39 Å². The lowest BCUT2D eigenvalue weighted by atomic mass is 9.83. The highest BCUT2D eigenvalue weighted by Gasteiger charge is 2.55. The van der Waals surface area contributed by atoms with E-state index in [4.69, 9.17) is 21.1 Å². The molecule has 2 aliphatic rings. The molecule has 1 spiro atoms. The van der Waals surface area contributed by atoms with Crippen LogP contribution in [0, 0.1) is 5.82 Å². The molecule has 6 heteroatoms. The molecule has 0 bridgehead atoms. The van der Waals surface area contributed by atoms with E-state index in [1.165, 1.54) is 12.1 Å². The number of benzene rings is 3. The predicted octanol–water partition coefficient (Wildman–Crippen LogP) is 5.06. The Morgan fingerprint density at radius 3 is 2.44 bits per heavy atom. The van der Waals surface area contributed by atoms with E-state index in [0.29, 0.717) is 36.8 Å². The number of halogens is 2. The van der Waals surface area contributed by atoms with Gasteiger partial charge in [-0.05, 0) is 29.3 Å². The van der Waals surface area contributed by atoms with E-state index in [-0.39, 0.29) is 18.5 Å². The first-order valence-corrected chi connectivity index (χ1v) is 11.1. The smallest absolute Gasteiger partial charge is 0.149 e. The first-order valence-electron chi connectivity index (χ1n) is 10.7. The zero-order valence-corrected chi connectivity index (χ0v) is 18.3. The van der Waals surface area contributed by atoms with E-state index in [1.807, 2.05) is 36.4 Å². The van der Waals surface area contributed by atoms with Crippen molar-refractivity contribution in [2.45, 2.75) is 30.3 Å². The average molecular weight is 454 g/mol. The summed E-state index contributed by atoms with van der Waals surface area (Å²) >= 11 is 6.44. The zero-order valence-electron chi connectivity index (χ0n) is 17.6. The molecule has 2 aliphatic heterocycles. The highest BCUT2D eigenvalue weighted by atomic mass is 35.5. The fourth-order valence-corrected chi connectivity index (χ4v) is 5.23. The van der Waals surface area contributed by atoms with Crippen LogP contribution in [0.1, 0.15) is 29.2 Å². The Morgan fingerprint density at radius 2 is 1.69 bits per heavy atom. The second-order valence-electron chi connectivity index (χ2n) is 8.62. The SMILES string of the molecule is O[C@]1(c2ccccc2Cl)COCC2(C1)OC[C@H](c1ccc(F)cc1)N2Cc1ccccc1. The Balaban J connectivity index is 1.53. The summed E-state index contributed by atoms with van der Waals surface area (Å²) in [5.74, 6) is -0.272. The van der Waals surface area contributed by atoms with E-state index in [9.17, 15) is 9.50 Å². The molecule has 1 N–H and O–H groups in total. The van der Waals surface area contributed by atoms with Gasteiger partial charge in [0.05, 0.1) is 25.9 Å². The molecule has 4 nitrogen and oxygen atoms in total. The number of nitrogens with zero attached hydrogens (tertiary/aromatic N) is 1. The third-order valence-corrected chi connectivity index (χ3v) is 6.80. The number of aliphatic hydroxyl groups is 1. The van der Waals surface area contributed by atoms with Gasteiger partial charge in [0.2, 0.25) is 0 Å². The Morgan fingerprint density at radius 1 is 0.969 bits per heavy atom. The molecule has 2 heterocycles. The van der Waals surface area contributed by atoms with E-state index in [1.54, 1.807) is 18.2 Å². The molecule has 1 unspecified atom stereocenters. The van der Waals surface area contributed by atoms with Gasteiger partial charge in [0.15, 0.2) is 0 Å². The molecule has 5 rings (SSSR count). The van der Waals surface area contributed by atoms with Gasteiger partial charge in [-0.3, -0.25) is 4.90 Å². The van der Waals surface area contributed by atoms with Gasteiger partial charge in [0, 0.05) is 23.6 Å². The summed E-state index contributed by atoms with van der Waals surface area (Å²) in [5, 5.41) is 12.2. The van der Waals surface area contributed by atoms with Gasteiger partial charge in [-0.25, -0.2) is 4.39 Å². The van der Waals surface area contributed by atoms with Crippen molar-refractivity contribution in [3.05, 3.63) is 106 Å². The van der Waals surface area contributed by atoms with E-state index in [2.05, 4.69) is 17.0 Å². The second kappa shape index (κ2) is 8.58. The first-order chi connectivity index (χ1) is 15.5. The normalized spacial score (nSPS) is 28.3. The average Bonchev–Trinajstić information content (AvgIpc) is 3.12. The molecule has 2 fully saturated rings. The second-order valence-corrected chi connectivity index (χ2v) is 9.03. The molecule has 0 saturated carbocycles. The molecular formula is C26H25ClFNO3. The Labute approximate surface area is 192 Å². The van der Waals surface area contributed by atoms with Crippen LogP contribution in [-0.4, -0.2) is 35.6 Å². The predicted molar refractivity (Wildman–Crippen MR) is 121 cm³/mol. The van der Waals surface area contributed by atoms with Crippen molar-refractivity contribution in [1.29, 1.82) is 0 Å². The van der Waals surface area contributed by atoms with Gasteiger partial charge in [0.1, 0.15) is 17.1 Å². The Bertz CT molecular complexity index is 1080. The molecule has 3 atom stereocenters. The molecule has 32 heavy (non-hydrogen) atoms. The van der Waals surface area contributed by atoms with Gasteiger partial charge in [-0.2, -0.15) is 0 Å². The molecule has 0 aliphatic carbocycles. The van der Waals surface area contributed by atoms with Crippen molar-refractivity contribution >= 4 is 11.6 Å². The summed E-state index contributed by atoms with van der Waals surface area (Å²) in [7, 11) is 0. The van der Waals surface area contributed by atoms with Crippen molar-refractivity contribution in [3.8, 4) is 0 Å². The number of rotatable bonds is 4. The van der Waals surface area contributed by atoms with Crippen molar-refractivity contribution < 1.29 is 19.0 Å². The van der Waals surface area contributed by atoms with Crippen LogP contribution in [0.25, 0.3) is 0 Å². The quantitative estimate of drug-likeness (QED) is 0.599. The number of hydrogen-bond acceptors (Lipinski definition) is 4. The summed E-state index contributed by atoms with van der Waals surface area (Å²) in [5.41, 5.74) is 0.584. The van der Waals surface area contributed by atoms with Crippen molar-refractivity contribution in [3.63, 3.8) is 0 Å². The van der Waals surface area contributed by atoms with Crippen LogP contribution in [0.2, 0.25) is 5.02 Å². The molecular weight excluding hydrogens is 429 g/mol. The number of ether oxygens (including phenoxy) is 2. The lowest BCUT2D eigenvalue weighted by Crippen LogP contribution is -2.58. The fraction of sp³-hybridized carbons (Fsp3) is 0.308. The lowest BCUT2D eigenvalue weighted by Gasteiger charge is -2.47. The fourth-order valence-electron chi connectivity index (χ4n) is 4.91. The van der Waals surface area contributed by atoms with Gasteiger partial charge >= 0.3 is 0 Å². The Kier molecular flexibility index (Phi) is 5.78. The van der Waals surface area contributed by atoms with Crippen LogP contribution >= 0.6 is 11.6 Å². The van der Waals surface area contributed by atoms with Gasteiger partial charge < -0.3 is 14.6 Å². The van der Waals surface area contributed by atoms with Crippen LogP contribution in [0.5, 0.6) is 0 Å². The number of hydrogen-bond donors (Lipinski definition) is 1. The van der Waals surface area contributed by atoms with E-state index in [0.717, 1.165) is 11.1 Å². The van der Waals surface area contributed by atoms with Crippen LogP contribution in [0.15, 0.2) is 78.9 Å². The monoisotopic (exact) mass is 453 g/mol. The third kappa shape index (κ3) is 3.96. The van der Waals surface area contributed by atoms with Gasteiger partial charge in [-0.15, -0.1) is 0 Å². The van der Waals surface area contributed by atoms with Crippen LogP contribution in [-0.2, 0) is 21.6 Å². The van der Waals surface area contributed by atoms with E-state index < -0.39 is 11.3 Å². The molecule has 0 aromatic heterocycles. The minimum absolute atomic E-state index is 0.104. The molecule has 166 valence electrons. The molecule has 2 saturated heterocycles. The zero-order chi connectivity index (χ0) is 22.2. The molecule has 3 aromatic carbocycles. The van der Waals surface area contributed by atoms with Gasteiger partial charge in [0.25, 0.3) is 0 Å². The minimum Gasteiger partial charge on any atom is -0.383 e. The molecule has 0 radical (unpaired) electrons. The Hall–Kier alpha value is -2.28. The van der Waals surface area contributed by atoms with Crippen molar-refractivity contribution in [2.24, 2.45) is 0 Å². The molecule has 3 aromatic rings. The minimum atomic E-state index is -1.29. The van der Waals surface area contributed by atoms with E-state index >= 15 is 0 Å². The maximum absolute atomic E-state index is 13.6. The summed E-state index contributed by atoms with van der Waals surface area (Å²) < 4.78 is 26.0. The van der Waals surface area contributed by atoms with Gasteiger partial charge in [-0.1, -0.05) is 72.3 Å². The summed E-state index contributed by atoms with van der Waals surface area (Å²) in [4.78, 5) is 2.23. The first kappa shape index (κ1) is 21.6. The summed E-state index contributed by atoms with van der Waals surface area (Å²) in [6.07, 6.45) is 0.314. The lowest BCUT2D eigenvalue weighted by molar-refractivity contribution is -0.231. The standard InChI is InChI=1S/C26H25ClFNO3/c27-23-9-5-4-8-22(23)25(30)16-26(18-31-17-25)29(14-19-6-2-1-3-7-19)24(15-32-26)20-10-12-21(28)13-11-20/h1-13,24,30H,14-18H2/t24-,25+,26?/m1/s1. The van der Waals surface area contributed by atoms with Crippen LogP contribution in [0.3, 0.4) is 0 Å². The van der Waals surface area contributed by atoms with Crippen molar-refractivity contribution in [1.82, 2.24) is 4.90 Å². The van der Waals surface area contributed by atoms with Crippen LogP contribution < -0.4 is 0 Å². The third-order valence-electron chi connectivity index (χ3n) is 6.47. The maximum atomic E-state index is 13.6. The maximum Gasteiger partial charge on any atom is 0.149 e. The summed E-state index contributed by atoms with van der Waals surface area (Å²) in [6.45, 7) is 1.48. The van der Waals surface area contributed by atoms with Crippen molar-refractivity contribution in [2.75, 3.05) is 19.8 Å². The largest absolute Gasteiger partial charge is 0.383 e. The highest BCUT2D eigenvalue weighted by Crippen LogP contribution is 2.48. The summed E-state index contributed by atoms with van der Waals surface area (Å²) in [6, 6.07) is 23.9. The molecule has 0 amide bonds. The topological polar surface area (TPSA) is 41.9 Å². The highest BCUT2D eigenvalue weighted by molar-refractivity contribution is 6.31.